The molecule has 11 heteroatoms. The van der Waals surface area contributed by atoms with Crippen molar-refractivity contribution in [1.29, 1.82) is 0 Å². The molecule has 0 aliphatic rings. The minimum absolute atomic E-state index is 0.0457. The topological polar surface area (TPSA) is 94.5 Å². The maximum Gasteiger partial charge on any atom is 0.416 e. The maximum atomic E-state index is 13.2. The fraction of sp³-hybridized carbons (Fsp3) is 0.292. The Kier molecular flexibility index (Phi) is 7.37. The van der Waals surface area contributed by atoms with Gasteiger partial charge < -0.3 is 19.4 Å². The van der Waals surface area contributed by atoms with Gasteiger partial charge >= 0.3 is 12.3 Å². The van der Waals surface area contributed by atoms with Crippen LogP contribution in [0.1, 0.15) is 42.5 Å². The smallest absolute Gasteiger partial charge is 0.416 e. The predicted molar refractivity (Wildman–Crippen MR) is 123 cm³/mol. The molecule has 1 aromatic heterocycles. The molecule has 0 aliphatic heterocycles. The number of carbonyl (C=O) groups excluding carboxylic acids is 2. The molecule has 0 fully saturated rings. The van der Waals surface area contributed by atoms with Crippen molar-refractivity contribution in [2.45, 2.75) is 39.2 Å². The molecule has 0 spiro atoms. The maximum absolute atomic E-state index is 13.2. The summed E-state index contributed by atoms with van der Waals surface area (Å²) in [6, 6.07) is 8.66. The van der Waals surface area contributed by atoms with Gasteiger partial charge in [0, 0.05) is 25.0 Å². The molecule has 8 nitrogen and oxygen atoms in total. The highest BCUT2D eigenvalue weighted by molar-refractivity contribution is 6.07. The first-order valence-electron chi connectivity index (χ1n) is 10.5. The zero-order valence-electron chi connectivity index (χ0n) is 19.6. The van der Waals surface area contributed by atoms with Crippen LogP contribution in [0.25, 0.3) is 0 Å². The van der Waals surface area contributed by atoms with E-state index in [1.54, 1.807) is 49.9 Å². The van der Waals surface area contributed by atoms with Gasteiger partial charge in [-0.3, -0.25) is 10.1 Å². The van der Waals surface area contributed by atoms with E-state index < -0.39 is 29.3 Å². The summed E-state index contributed by atoms with van der Waals surface area (Å²) < 4.78 is 52.3. The first kappa shape index (κ1) is 25.6. The summed E-state index contributed by atoms with van der Waals surface area (Å²) in [5, 5.41) is 4.80. The van der Waals surface area contributed by atoms with E-state index in [-0.39, 0.29) is 23.5 Å². The molecule has 1 heterocycles. The van der Waals surface area contributed by atoms with Crippen molar-refractivity contribution in [3.05, 3.63) is 71.8 Å². The zero-order chi connectivity index (χ0) is 25.8. The summed E-state index contributed by atoms with van der Waals surface area (Å²) in [5.74, 6) is 0.518. The van der Waals surface area contributed by atoms with E-state index in [0.29, 0.717) is 11.6 Å². The number of amides is 2. The van der Waals surface area contributed by atoms with Gasteiger partial charge in [0.05, 0.1) is 16.9 Å². The summed E-state index contributed by atoms with van der Waals surface area (Å²) in [6.45, 7) is 5.16. The summed E-state index contributed by atoms with van der Waals surface area (Å²) in [7, 11) is 1.83. The number of benzene rings is 2. The zero-order valence-corrected chi connectivity index (χ0v) is 19.6. The number of carbonyl (C=O) groups is 2. The van der Waals surface area contributed by atoms with Crippen LogP contribution in [0.4, 0.5) is 29.3 Å². The molecule has 0 radical (unpaired) electrons. The van der Waals surface area contributed by atoms with Gasteiger partial charge in [-0.15, -0.1) is 0 Å². The fourth-order valence-electron chi connectivity index (χ4n) is 2.93. The Morgan fingerprint density at radius 1 is 1.00 bits per heavy atom. The van der Waals surface area contributed by atoms with Gasteiger partial charge in [-0.1, -0.05) is 0 Å². The van der Waals surface area contributed by atoms with Crippen LogP contribution in [0.15, 0.2) is 54.9 Å². The lowest BCUT2D eigenvalue weighted by Gasteiger charge is -2.21. The molecule has 0 saturated heterocycles. The van der Waals surface area contributed by atoms with E-state index in [1.807, 2.05) is 7.05 Å². The van der Waals surface area contributed by atoms with Gasteiger partial charge in [-0.2, -0.15) is 13.2 Å². The normalized spacial score (nSPS) is 11.6. The third kappa shape index (κ3) is 7.23. The summed E-state index contributed by atoms with van der Waals surface area (Å²) in [4.78, 5) is 29.0. The third-order valence-corrected chi connectivity index (χ3v) is 4.64. The number of imidazole rings is 1. The molecular formula is C24H25F3N4O4. The van der Waals surface area contributed by atoms with Crippen LogP contribution < -0.4 is 15.4 Å². The number of nitrogens with one attached hydrogen (secondary N) is 2. The van der Waals surface area contributed by atoms with Crippen molar-refractivity contribution in [1.82, 2.24) is 9.55 Å². The van der Waals surface area contributed by atoms with Crippen LogP contribution in [0.2, 0.25) is 0 Å². The van der Waals surface area contributed by atoms with Gasteiger partial charge in [0.1, 0.15) is 23.8 Å². The number of aromatic nitrogens is 2. The molecule has 0 atom stereocenters. The molecule has 0 bridgehead atoms. The standard InChI is InChI=1S/C24H25F3N4O4/c1-23(2,3)35-22(33)30-18-10-7-16(24(25,26)27)13-19(18)29-21(32)15-5-8-17(9-6-15)34-14-20-28-11-12-31(20)4/h5-13H,14H2,1-4H3,(H,29,32)(H,30,33). The first-order chi connectivity index (χ1) is 16.3. The lowest BCUT2D eigenvalue weighted by molar-refractivity contribution is -0.137. The van der Waals surface area contributed by atoms with E-state index in [0.717, 1.165) is 18.2 Å². The van der Waals surface area contributed by atoms with Gasteiger partial charge in [0.2, 0.25) is 0 Å². The van der Waals surface area contributed by atoms with Crippen molar-refractivity contribution < 1.29 is 32.2 Å². The van der Waals surface area contributed by atoms with Crippen molar-refractivity contribution >= 4 is 23.4 Å². The Morgan fingerprint density at radius 3 is 2.26 bits per heavy atom. The van der Waals surface area contributed by atoms with E-state index in [2.05, 4.69) is 15.6 Å². The van der Waals surface area contributed by atoms with Crippen LogP contribution in [0.3, 0.4) is 0 Å². The van der Waals surface area contributed by atoms with Crippen LogP contribution in [0.5, 0.6) is 5.75 Å². The number of alkyl halides is 3. The number of nitrogens with zero attached hydrogens (tertiary/aromatic N) is 2. The van der Waals surface area contributed by atoms with Gasteiger partial charge in [-0.05, 0) is 63.2 Å². The highest BCUT2D eigenvalue weighted by atomic mass is 19.4. The largest absolute Gasteiger partial charge is 0.486 e. The number of anilines is 2. The molecule has 0 unspecified atom stereocenters. The highest BCUT2D eigenvalue weighted by Crippen LogP contribution is 2.34. The summed E-state index contributed by atoms with van der Waals surface area (Å²) in [6.07, 6.45) is -2.09. The van der Waals surface area contributed by atoms with Gasteiger partial charge in [0.25, 0.3) is 5.91 Å². The molecule has 2 amide bonds. The Morgan fingerprint density at radius 2 is 1.69 bits per heavy atom. The average molecular weight is 490 g/mol. The SMILES string of the molecule is Cn1ccnc1COc1ccc(C(=O)Nc2cc(C(F)(F)F)ccc2NC(=O)OC(C)(C)C)cc1. The lowest BCUT2D eigenvalue weighted by atomic mass is 10.1. The monoisotopic (exact) mass is 490 g/mol. The van der Waals surface area contributed by atoms with Crippen LogP contribution in [-0.2, 0) is 24.6 Å². The third-order valence-electron chi connectivity index (χ3n) is 4.64. The van der Waals surface area contributed by atoms with Crippen LogP contribution in [0, 0.1) is 0 Å². The molecule has 0 aliphatic carbocycles. The van der Waals surface area contributed by atoms with Crippen molar-refractivity contribution in [3.63, 3.8) is 0 Å². The second kappa shape index (κ2) is 10.1. The Balaban J connectivity index is 1.75. The molecule has 35 heavy (non-hydrogen) atoms. The minimum atomic E-state index is -4.64. The van der Waals surface area contributed by atoms with E-state index in [9.17, 15) is 22.8 Å². The van der Waals surface area contributed by atoms with E-state index >= 15 is 0 Å². The van der Waals surface area contributed by atoms with E-state index in [4.69, 9.17) is 9.47 Å². The summed E-state index contributed by atoms with van der Waals surface area (Å²) in [5.41, 5.74) is -1.91. The second-order valence-electron chi connectivity index (χ2n) is 8.61. The minimum Gasteiger partial charge on any atom is -0.486 e. The number of halogens is 3. The molecule has 186 valence electrons. The van der Waals surface area contributed by atoms with E-state index in [1.165, 1.54) is 12.1 Å². The van der Waals surface area contributed by atoms with Gasteiger partial charge in [-0.25, -0.2) is 9.78 Å². The molecular weight excluding hydrogens is 465 g/mol. The number of hydrogen-bond acceptors (Lipinski definition) is 5. The first-order valence-corrected chi connectivity index (χ1v) is 10.5. The highest BCUT2D eigenvalue weighted by Gasteiger charge is 2.31. The molecule has 2 aromatic carbocycles. The van der Waals surface area contributed by atoms with Gasteiger partial charge in [0.15, 0.2) is 0 Å². The summed E-state index contributed by atoms with van der Waals surface area (Å²) >= 11 is 0. The molecule has 0 saturated carbocycles. The Hall–Kier alpha value is -4.02. The Bertz CT molecular complexity index is 1200. The van der Waals surface area contributed by atoms with Crippen molar-refractivity contribution in [3.8, 4) is 5.75 Å². The Labute approximate surface area is 200 Å². The quantitative estimate of drug-likeness (QED) is 0.468. The fourth-order valence-corrected chi connectivity index (χ4v) is 2.93. The molecule has 3 aromatic rings. The van der Waals surface area contributed by atoms with Crippen molar-refractivity contribution in [2.24, 2.45) is 7.05 Å². The second-order valence-corrected chi connectivity index (χ2v) is 8.61. The van der Waals surface area contributed by atoms with Crippen LogP contribution >= 0.6 is 0 Å². The number of rotatable bonds is 6. The molecule has 2 N–H and O–H groups in total. The van der Waals surface area contributed by atoms with Crippen LogP contribution in [-0.4, -0.2) is 27.2 Å². The van der Waals surface area contributed by atoms with Crippen molar-refractivity contribution in [2.75, 3.05) is 10.6 Å². The number of ether oxygens (including phenoxy) is 2. The number of hydrogen-bond donors (Lipinski definition) is 2. The lowest BCUT2D eigenvalue weighted by Crippen LogP contribution is -2.27. The predicted octanol–water partition coefficient (Wildman–Crippen LogP) is 5.62. The average Bonchev–Trinajstić information content (AvgIpc) is 3.16. The number of aryl methyl sites for hydroxylation is 1. The molecule has 3 rings (SSSR count).